The van der Waals surface area contributed by atoms with Gasteiger partial charge in [0.2, 0.25) is 0 Å². The van der Waals surface area contributed by atoms with Crippen LogP contribution in [0.2, 0.25) is 0 Å². The first-order valence-electron chi connectivity index (χ1n) is 5.71. The second-order valence-electron chi connectivity index (χ2n) is 4.44. The highest BCUT2D eigenvalue weighted by Gasteiger charge is 2.27. The van der Waals surface area contributed by atoms with Gasteiger partial charge in [0.25, 0.3) is 0 Å². The molecule has 1 aromatic rings. The molecule has 0 radical (unpaired) electrons. The number of likely N-dealkylation sites (N-methyl/N-ethyl adjacent to an activating group) is 1. The lowest BCUT2D eigenvalue weighted by Gasteiger charge is -2.37. The van der Waals surface area contributed by atoms with E-state index in [0.717, 1.165) is 25.2 Å². The molecular weight excluding hydrogens is 224 g/mol. The molecule has 1 heterocycles. The fraction of sp³-hybridized carbons (Fsp3) is 0.500. The molecule has 0 spiro atoms. The molecule has 2 unspecified atom stereocenters. The van der Waals surface area contributed by atoms with Crippen LogP contribution in [0.25, 0.3) is 0 Å². The average Bonchev–Trinajstić information content (AvgIpc) is 2.32. The molecule has 0 amide bonds. The van der Waals surface area contributed by atoms with Gasteiger partial charge >= 0.3 is 0 Å². The third-order valence-corrected chi connectivity index (χ3v) is 3.29. The van der Waals surface area contributed by atoms with E-state index in [1.54, 1.807) is 0 Å². The number of piperazine rings is 1. The van der Waals surface area contributed by atoms with Crippen molar-refractivity contribution in [2.45, 2.75) is 12.1 Å². The van der Waals surface area contributed by atoms with Crippen molar-refractivity contribution in [3.05, 3.63) is 35.4 Å². The van der Waals surface area contributed by atoms with Crippen LogP contribution in [-0.2, 0) is 0 Å². The monoisotopic (exact) mass is 241 g/mol. The van der Waals surface area contributed by atoms with Crippen LogP contribution in [0.5, 0.6) is 0 Å². The van der Waals surface area contributed by atoms with Crippen molar-refractivity contribution < 1.29 is 8.78 Å². The van der Waals surface area contributed by atoms with Crippen LogP contribution >= 0.6 is 0 Å². The smallest absolute Gasteiger partial charge is 0.128 e. The molecule has 3 nitrogen and oxygen atoms in total. The molecule has 0 bridgehead atoms. The summed E-state index contributed by atoms with van der Waals surface area (Å²) < 4.78 is 26.7. The molecule has 17 heavy (non-hydrogen) atoms. The van der Waals surface area contributed by atoms with Gasteiger partial charge in [0, 0.05) is 37.3 Å². The molecule has 1 aromatic carbocycles. The van der Waals surface area contributed by atoms with Crippen molar-refractivity contribution in [3.63, 3.8) is 0 Å². The van der Waals surface area contributed by atoms with E-state index < -0.39 is 17.7 Å². The number of benzene rings is 1. The maximum absolute atomic E-state index is 13.6. The summed E-state index contributed by atoms with van der Waals surface area (Å²) in [4.78, 5) is 2.07. The first-order valence-corrected chi connectivity index (χ1v) is 5.71. The lowest BCUT2D eigenvalue weighted by Crippen LogP contribution is -2.53. The number of nitrogens with two attached hydrogens (primary N) is 1. The van der Waals surface area contributed by atoms with E-state index in [0.29, 0.717) is 6.54 Å². The van der Waals surface area contributed by atoms with Crippen molar-refractivity contribution >= 4 is 0 Å². The van der Waals surface area contributed by atoms with Gasteiger partial charge in [0.15, 0.2) is 0 Å². The van der Waals surface area contributed by atoms with Gasteiger partial charge in [-0.25, -0.2) is 8.78 Å². The van der Waals surface area contributed by atoms with Gasteiger partial charge in [-0.1, -0.05) is 0 Å². The van der Waals surface area contributed by atoms with Crippen molar-refractivity contribution in [2.24, 2.45) is 5.73 Å². The molecule has 3 N–H and O–H groups in total. The van der Waals surface area contributed by atoms with Crippen LogP contribution in [0.1, 0.15) is 11.6 Å². The van der Waals surface area contributed by atoms with E-state index in [1.807, 2.05) is 7.05 Å². The van der Waals surface area contributed by atoms with Crippen LogP contribution in [0, 0.1) is 11.6 Å². The Kier molecular flexibility index (Phi) is 3.71. The Labute approximate surface area is 99.6 Å². The maximum atomic E-state index is 13.6. The topological polar surface area (TPSA) is 41.3 Å². The molecule has 0 saturated carbocycles. The van der Waals surface area contributed by atoms with E-state index in [4.69, 9.17) is 5.73 Å². The average molecular weight is 241 g/mol. The number of halogens is 2. The Morgan fingerprint density at radius 2 is 2.24 bits per heavy atom. The minimum absolute atomic E-state index is 0.0138. The molecule has 2 rings (SSSR count). The summed E-state index contributed by atoms with van der Waals surface area (Å²) >= 11 is 0. The summed E-state index contributed by atoms with van der Waals surface area (Å²) in [5.74, 6) is -0.902. The summed E-state index contributed by atoms with van der Waals surface area (Å²) in [7, 11) is 1.95. The number of nitrogens with zero attached hydrogens (tertiary/aromatic N) is 1. The second kappa shape index (κ2) is 5.08. The first-order chi connectivity index (χ1) is 8.09. The molecule has 1 aliphatic rings. The number of nitrogens with one attached hydrogen (secondary N) is 1. The van der Waals surface area contributed by atoms with Crippen LogP contribution in [0.15, 0.2) is 18.2 Å². The van der Waals surface area contributed by atoms with Gasteiger partial charge in [-0.15, -0.1) is 0 Å². The third-order valence-electron chi connectivity index (χ3n) is 3.29. The van der Waals surface area contributed by atoms with E-state index in [2.05, 4.69) is 10.2 Å². The summed E-state index contributed by atoms with van der Waals surface area (Å²) in [6, 6.07) is 2.88. The highest BCUT2D eigenvalue weighted by Crippen LogP contribution is 2.22. The quantitative estimate of drug-likeness (QED) is 0.807. The molecule has 0 aliphatic carbocycles. The predicted molar refractivity (Wildman–Crippen MR) is 62.6 cm³/mol. The highest BCUT2D eigenvalue weighted by atomic mass is 19.1. The van der Waals surface area contributed by atoms with E-state index >= 15 is 0 Å². The fourth-order valence-electron chi connectivity index (χ4n) is 2.21. The van der Waals surface area contributed by atoms with Gasteiger partial charge in [-0.3, -0.25) is 4.90 Å². The van der Waals surface area contributed by atoms with Crippen molar-refractivity contribution in [1.29, 1.82) is 0 Å². The normalized spacial score (nSPS) is 23.6. The Morgan fingerprint density at radius 1 is 1.47 bits per heavy atom. The summed E-state index contributed by atoms with van der Waals surface area (Å²) in [6.07, 6.45) is 0. The van der Waals surface area contributed by atoms with Crippen LogP contribution in [0.4, 0.5) is 8.78 Å². The van der Waals surface area contributed by atoms with Gasteiger partial charge in [0.1, 0.15) is 11.6 Å². The number of hydrogen-bond donors (Lipinski definition) is 2. The van der Waals surface area contributed by atoms with Crippen LogP contribution < -0.4 is 11.1 Å². The molecule has 1 saturated heterocycles. The van der Waals surface area contributed by atoms with Crippen molar-refractivity contribution in [1.82, 2.24) is 10.2 Å². The van der Waals surface area contributed by atoms with Gasteiger partial charge in [-0.05, 0) is 25.2 Å². The van der Waals surface area contributed by atoms with Gasteiger partial charge in [0.05, 0.1) is 0 Å². The second-order valence-corrected chi connectivity index (χ2v) is 4.44. The Morgan fingerprint density at radius 3 is 2.94 bits per heavy atom. The molecule has 1 aliphatic heterocycles. The largest absolute Gasteiger partial charge is 0.323 e. The maximum Gasteiger partial charge on any atom is 0.128 e. The highest BCUT2D eigenvalue weighted by molar-refractivity contribution is 5.23. The molecular formula is C12H17F2N3. The molecule has 94 valence electrons. The zero-order valence-corrected chi connectivity index (χ0v) is 9.79. The van der Waals surface area contributed by atoms with Gasteiger partial charge < -0.3 is 11.1 Å². The summed E-state index contributed by atoms with van der Waals surface area (Å²) in [5, 5.41) is 3.21. The van der Waals surface area contributed by atoms with Crippen molar-refractivity contribution in [2.75, 3.05) is 26.7 Å². The third kappa shape index (κ3) is 2.62. The van der Waals surface area contributed by atoms with Crippen LogP contribution in [0.3, 0.4) is 0 Å². The molecule has 5 heteroatoms. The fourth-order valence-corrected chi connectivity index (χ4v) is 2.21. The van der Waals surface area contributed by atoms with E-state index in [-0.39, 0.29) is 11.6 Å². The summed E-state index contributed by atoms with van der Waals surface area (Å²) in [6.45, 7) is 2.44. The lowest BCUT2D eigenvalue weighted by molar-refractivity contribution is 0.172. The molecule has 2 atom stereocenters. The molecule has 1 fully saturated rings. The predicted octanol–water partition coefficient (Wildman–Crippen LogP) is 0.868. The lowest BCUT2D eigenvalue weighted by atomic mass is 9.97. The number of hydrogen-bond acceptors (Lipinski definition) is 3. The Balaban J connectivity index is 2.23. The minimum atomic E-state index is -0.525. The standard InChI is InChI=1S/C12H17F2N3/c1-17-5-4-16-7-11(17)12(15)9-6-8(13)2-3-10(9)14/h2-3,6,11-12,16H,4-5,7,15H2,1H3. The van der Waals surface area contributed by atoms with E-state index in [1.165, 1.54) is 6.07 Å². The van der Waals surface area contributed by atoms with Gasteiger partial charge in [-0.2, -0.15) is 0 Å². The summed E-state index contributed by atoms with van der Waals surface area (Å²) in [5.41, 5.74) is 6.28. The van der Waals surface area contributed by atoms with Crippen molar-refractivity contribution in [3.8, 4) is 0 Å². The minimum Gasteiger partial charge on any atom is -0.323 e. The van der Waals surface area contributed by atoms with Crippen LogP contribution in [-0.4, -0.2) is 37.6 Å². The SMILES string of the molecule is CN1CCNCC1C(N)c1cc(F)ccc1F. The number of rotatable bonds is 2. The van der Waals surface area contributed by atoms with E-state index in [9.17, 15) is 8.78 Å². The zero-order valence-electron chi connectivity index (χ0n) is 9.79. The Bertz CT molecular complexity index is 397. The first kappa shape index (κ1) is 12.4. The molecule has 0 aromatic heterocycles. The zero-order chi connectivity index (χ0) is 12.4. The Hall–Kier alpha value is -1.04.